The maximum absolute atomic E-state index is 4.54. The molecule has 5 nitrogen and oxygen atoms in total. The van der Waals surface area contributed by atoms with E-state index in [4.69, 9.17) is 0 Å². The van der Waals surface area contributed by atoms with Crippen LogP contribution >= 0.6 is 0 Å². The van der Waals surface area contributed by atoms with Gasteiger partial charge in [-0.2, -0.15) is 4.98 Å². The molecule has 1 aliphatic heterocycles. The first kappa shape index (κ1) is 16.5. The highest BCUT2D eigenvalue weighted by Gasteiger charge is 2.23. The average molecular weight is 317 g/mol. The highest BCUT2D eigenvalue weighted by molar-refractivity contribution is 5.42. The fourth-order valence-electron chi connectivity index (χ4n) is 4.04. The lowest BCUT2D eigenvalue weighted by molar-refractivity contribution is 0.166. The molecule has 0 radical (unpaired) electrons. The van der Waals surface area contributed by atoms with Crippen molar-refractivity contribution in [1.29, 1.82) is 0 Å². The molecule has 1 aromatic rings. The number of piperidine rings is 1. The van der Waals surface area contributed by atoms with Gasteiger partial charge >= 0.3 is 0 Å². The minimum atomic E-state index is 0.506. The van der Waals surface area contributed by atoms with E-state index in [0.717, 1.165) is 24.0 Å². The molecule has 2 heterocycles. The molecule has 3 rings (SSSR count). The van der Waals surface area contributed by atoms with Crippen molar-refractivity contribution in [2.75, 3.05) is 37.3 Å². The van der Waals surface area contributed by atoms with E-state index in [2.05, 4.69) is 25.5 Å². The summed E-state index contributed by atoms with van der Waals surface area (Å²) >= 11 is 0. The van der Waals surface area contributed by atoms with E-state index in [-0.39, 0.29) is 0 Å². The minimum absolute atomic E-state index is 0.506. The molecule has 1 atom stereocenters. The maximum atomic E-state index is 4.54. The number of hydrogen-bond donors (Lipinski definition) is 2. The van der Waals surface area contributed by atoms with Gasteiger partial charge in [0.05, 0.1) is 0 Å². The molecule has 0 spiro atoms. The van der Waals surface area contributed by atoms with Gasteiger partial charge < -0.3 is 15.5 Å². The van der Waals surface area contributed by atoms with Gasteiger partial charge in [-0.15, -0.1) is 0 Å². The summed E-state index contributed by atoms with van der Waals surface area (Å²) in [5.74, 6) is 2.58. The second kappa shape index (κ2) is 7.95. The van der Waals surface area contributed by atoms with Crippen molar-refractivity contribution < 1.29 is 0 Å². The normalized spacial score (nSPS) is 23.7. The zero-order valence-electron chi connectivity index (χ0n) is 14.6. The third kappa shape index (κ3) is 4.80. The maximum Gasteiger partial charge on any atom is 0.224 e. The zero-order valence-corrected chi connectivity index (χ0v) is 14.6. The number of nitrogens with zero attached hydrogens (tertiary/aromatic N) is 3. The minimum Gasteiger partial charge on any atom is -0.366 e. The second-order valence-electron chi connectivity index (χ2n) is 7.22. The molecule has 1 saturated carbocycles. The molecule has 5 heteroatoms. The van der Waals surface area contributed by atoms with Gasteiger partial charge in [0.2, 0.25) is 5.95 Å². The van der Waals surface area contributed by atoms with Crippen LogP contribution in [-0.2, 0) is 0 Å². The van der Waals surface area contributed by atoms with E-state index in [1.807, 2.05) is 20.0 Å². The van der Waals surface area contributed by atoms with Crippen LogP contribution in [-0.4, -0.2) is 47.6 Å². The van der Waals surface area contributed by atoms with Gasteiger partial charge in [0, 0.05) is 37.9 Å². The molecule has 2 N–H and O–H groups in total. The lowest BCUT2D eigenvalue weighted by Crippen LogP contribution is -2.44. The SMILES string of the molecule is CNc1nc(C)cc(NC2CCCN(CC3CCCCC3)C2)n1. The summed E-state index contributed by atoms with van der Waals surface area (Å²) < 4.78 is 0. The number of aryl methyl sites for hydroxylation is 1. The van der Waals surface area contributed by atoms with Crippen LogP contribution in [0.1, 0.15) is 50.6 Å². The van der Waals surface area contributed by atoms with Crippen molar-refractivity contribution in [3.63, 3.8) is 0 Å². The molecule has 0 bridgehead atoms. The monoisotopic (exact) mass is 317 g/mol. The quantitative estimate of drug-likeness (QED) is 0.873. The Labute approximate surface area is 140 Å². The Morgan fingerprint density at radius 2 is 1.96 bits per heavy atom. The summed E-state index contributed by atoms with van der Waals surface area (Å²) in [7, 11) is 1.87. The molecule has 1 unspecified atom stereocenters. The first-order valence-corrected chi connectivity index (χ1v) is 9.25. The molecular formula is C18H31N5. The highest BCUT2D eigenvalue weighted by Crippen LogP contribution is 2.26. The van der Waals surface area contributed by atoms with Crippen LogP contribution in [0, 0.1) is 12.8 Å². The number of anilines is 2. The molecule has 1 aliphatic carbocycles. The molecular weight excluding hydrogens is 286 g/mol. The Hall–Kier alpha value is -1.36. The van der Waals surface area contributed by atoms with Crippen LogP contribution < -0.4 is 10.6 Å². The first-order valence-electron chi connectivity index (χ1n) is 9.25. The smallest absolute Gasteiger partial charge is 0.224 e. The number of likely N-dealkylation sites (tertiary alicyclic amines) is 1. The van der Waals surface area contributed by atoms with E-state index in [0.29, 0.717) is 12.0 Å². The predicted octanol–water partition coefficient (Wildman–Crippen LogP) is 3.28. The van der Waals surface area contributed by atoms with Crippen molar-refractivity contribution in [3.8, 4) is 0 Å². The molecule has 128 valence electrons. The standard InChI is InChI=1S/C18H31N5/c1-14-11-17(22-18(19-2)20-14)21-16-9-6-10-23(13-16)12-15-7-4-3-5-8-15/h11,15-16H,3-10,12-13H2,1-2H3,(H2,19,20,21,22). The molecule has 2 aliphatic rings. The molecule has 1 saturated heterocycles. The molecule has 1 aromatic heterocycles. The van der Waals surface area contributed by atoms with Gasteiger partial charge in [-0.3, -0.25) is 0 Å². The molecule has 0 aromatic carbocycles. The van der Waals surface area contributed by atoms with Crippen molar-refractivity contribution in [2.45, 2.75) is 57.9 Å². The van der Waals surface area contributed by atoms with E-state index in [1.54, 1.807) is 0 Å². The highest BCUT2D eigenvalue weighted by atomic mass is 15.2. The number of rotatable bonds is 5. The van der Waals surface area contributed by atoms with Gasteiger partial charge in [-0.1, -0.05) is 19.3 Å². The number of aromatic nitrogens is 2. The lowest BCUT2D eigenvalue weighted by atomic mass is 9.88. The molecule has 0 amide bonds. The van der Waals surface area contributed by atoms with E-state index in [9.17, 15) is 0 Å². The Bertz CT molecular complexity index is 498. The fraction of sp³-hybridized carbons (Fsp3) is 0.778. The lowest BCUT2D eigenvalue weighted by Gasteiger charge is -2.36. The van der Waals surface area contributed by atoms with Gasteiger partial charge in [-0.25, -0.2) is 4.98 Å². The van der Waals surface area contributed by atoms with Gasteiger partial charge in [0.25, 0.3) is 0 Å². The van der Waals surface area contributed by atoms with Crippen LogP contribution in [0.3, 0.4) is 0 Å². The Balaban J connectivity index is 1.54. The van der Waals surface area contributed by atoms with Crippen molar-refractivity contribution in [2.24, 2.45) is 5.92 Å². The van der Waals surface area contributed by atoms with E-state index >= 15 is 0 Å². The molecule has 23 heavy (non-hydrogen) atoms. The first-order chi connectivity index (χ1) is 11.2. The summed E-state index contributed by atoms with van der Waals surface area (Å²) in [6, 6.07) is 2.55. The van der Waals surface area contributed by atoms with Crippen LogP contribution in [0.2, 0.25) is 0 Å². The van der Waals surface area contributed by atoms with Crippen molar-refractivity contribution in [1.82, 2.24) is 14.9 Å². The van der Waals surface area contributed by atoms with E-state index in [1.165, 1.54) is 58.0 Å². The van der Waals surface area contributed by atoms with Crippen LogP contribution in [0.25, 0.3) is 0 Å². The van der Waals surface area contributed by atoms with Crippen molar-refractivity contribution >= 4 is 11.8 Å². The summed E-state index contributed by atoms with van der Waals surface area (Å²) in [4.78, 5) is 11.6. The van der Waals surface area contributed by atoms with Gasteiger partial charge in [0.15, 0.2) is 0 Å². The topological polar surface area (TPSA) is 53.1 Å². The third-order valence-corrected chi connectivity index (χ3v) is 5.18. The van der Waals surface area contributed by atoms with Crippen LogP contribution in [0.5, 0.6) is 0 Å². The second-order valence-corrected chi connectivity index (χ2v) is 7.22. The third-order valence-electron chi connectivity index (χ3n) is 5.18. The van der Waals surface area contributed by atoms with E-state index < -0.39 is 0 Å². The summed E-state index contributed by atoms with van der Waals surface area (Å²) in [6.07, 6.45) is 9.71. The zero-order chi connectivity index (χ0) is 16.1. The van der Waals surface area contributed by atoms with Gasteiger partial charge in [0.1, 0.15) is 5.82 Å². The van der Waals surface area contributed by atoms with Crippen molar-refractivity contribution in [3.05, 3.63) is 11.8 Å². The Morgan fingerprint density at radius 3 is 2.74 bits per heavy atom. The number of hydrogen-bond acceptors (Lipinski definition) is 5. The van der Waals surface area contributed by atoms with Gasteiger partial charge in [-0.05, 0) is 45.1 Å². The fourth-order valence-corrected chi connectivity index (χ4v) is 4.04. The summed E-state index contributed by atoms with van der Waals surface area (Å²) in [5.41, 5.74) is 1.00. The van der Waals surface area contributed by atoms with Crippen LogP contribution in [0.15, 0.2) is 6.07 Å². The number of nitrogens with one attached hydrogen (secondary N) is 2. The largest absolute Gasteiger partial charge is 0.366 e. The predicted molar refractivity (Wildman–Crippen MR) is 96.0 cm³/mol. The summed E-state index contributed by atoms with van der Waals surface area (Å²) in [5, 5.41) is 6.67. The molecule has 2 fully saturated rings. The Kier molecular flexibility index (Phi) is 5.70. The Morgan fingerprint density at radius 1 is 1.13 bits per heavy atom. The average Bonchev–Trinajstić information content (AvgIpc) is 2.55. The summed E-state index contributed by atoms with van der Waals surface area (Å²) in [6.45, 7) is 5.72. The van der Waals surface area contributed by atoms with Crippen LogP contribution in [0.4, 0.5) is 11.8 Å².